The van der Waals surface area contributed by atoms with E-state index in [0.717, 1.165) is 0 Å². The van der Waals surface area contributed by atoms with Crippen LogP contribution in [0.2, 0.25) is 0 Å². The van der Waals surface area contributed by atoms with Gasteiger partial charge in [-0.2, -0.15) is 4.31 Å². The van der Waals surface area contributed by atoms with Crippen LogP contribution in [0.25, 0.3) is 11.0 Å². The van der Waals surface area contributed by atoms with Gasteiger partial charge >= 0.3 is 5.69 Å². The van der Waals surface area contributed by atoms with E-state index in [-0.39, 0.29) is 16.6 Å². The lowest BCUT2D eigenvalue weighted by molar-refractivity contribution is 0.284. The van der Waals surface area contributed by atoms with E-state index in [1.165, 1.54) is 16.4 Å². The Hall–Kier alpha value is -1.64. The highest BCUT2D eigenvalue weighted by atomic mass is 32.2. The fraction of sp³-hybridized carbons (Fsp3) is 0.417. The summed E-state index contributed by atoms with van der Waals surface area (Å²) in [5, 5.41) is 3.16. The van der Waals surface area contributed by atoms with Crippen LogP contribution in [-0.2, 0) is 10.0 Å². The van der Waals surface area contributed by atoms with Gasteiger partial charge in [0.15, 0.2) is 0 Å². The third-order valence-corrected chi connectivity index (χ3v) is 5.54. The molecule has 0 saturated carbocycles. The van der Waals surface area contributed by atoms with Crippen LogP contribution in [0.1, 0.15) is 6.92 Å². The first-order valence-corrected chi connectivity index (χ1v) is 7.87. The molecule has 1 unspecified atom stereocenters. The molecule has 1 saturated heterocycles. The van der Waals surface area contributed by atoms with Gasteiger partial charge < -0.3 is 15.3 Å². The van der Waals surface area contributed by atoms with Gasteiger partial charge in [-0.05, 0) is 25.1 Å². The molecule has 0 amide bonds. The predicted molar refractivity (Wildman–Crippen MR) is 75.1 cm³/mol. The minimum atomic E-state index is -3.54. The summed E-state index contributed by atoms with van der Waals surface area (Å²) in [7, 11) is -3.54. The molecule has 1 fully saturated rings. The molecule has 3 N–H and O–H groups in total. The lowest BCUT2D eigenvalue weighted by Gasteiger charge is -2.32. The zero-order chi connectivity index (χ0) is 14.3. The van der Waals surface area contributed by atoms with Crippen molar-refractivity contribution in [3.05, 3.63) is 28.7 Å². The molecule has 2 aromatic rings. The molecule has 3 rings (SSSR count). The van der Waals surface area contributed by atoms with E-state index in [4.69, 9.17) is 0 Å². The third kappa shape index (κ3) is 2.15. The molecule has 1 aliphatic rings. The molecule has 20 heavy (non-hydrogen) atoms. The molecule has 108 valence electrons. The molecule has 1 atom stereocenters. The topological polar surface area (TPSA) is 98.1 Å². The predicted octanol–water partition coefficient (Wildman–Crippen LogP) is -0.161. The Kier molecular flexibility index (Phi) is 3.15. The highest BCUT2D eigenvalue weighted by Crippen LogP contribution is 2.21. The first-order valence-electron chi connectivity index (χ1n) is 6.43. The summed E-state index contributed by atoms with van der Waals surface area (Å²) in [6.45, 7) is 3.61. The van der Waals surface area contributed by atoms with Crippen molar-refractivity contribution in [3.8, 4) is 0 Å². The number of H-pyrrole nitrogens is 2. The minimum Gasteiger partial charge on any atom is -0.314 e. The van der Waals surface area contributed by atoms with E-state index in [1.54, 1.807) is 6.07 Å². The second-order valence-corrected chi connectivity index (χ2v) is 6.85. The van der Waals surface area contributed by atoms with E-state index >= 15 is 0 Å². The summed E-state index contributed by atoms with van der Waals surface area (Å²) in [6.07, 6.45) is 0. The standard InChI is InChI=1S/C12H16N4O3S/c1-8-7-13-4-5-16(8)20(18,19)9-2-3-10-11(6-9)15-12(17)14-10/h2-3,6,8,13H,4-5,7H2,1H3,(H2,14,15,17). The normalized spacial score (nSPS) is 21.4. The number of imidazole rings is 1. The van der Waals surface area contributed by atoms with Gasteiger partial charge in [-0.1, -0.05) is 0 Å². The summed E-state index contributed by atoms with van der Waals surface area (Å²) in [4.78, 5) is 16.6. The Labute approximate surface area is 116 Å². The van der Waals surface area contributed by atoms with Crippen molar-refractivity contribution in [3.63, 3.8) is 0 Å². The van der Waals surface area contributed by atoms with E-state index < -0.39 is 10.0 Å². The fourth-order valence-corrected chi connectivity index (χ4v) is 4.14. The number of fused-ring (bicyclic) bond motifs is 1. The molecule has 2 heterocycles. The number of nitrogens with one attached hydrogen (secondary N) is 3. The molecule has 0 radical (unpaired) electrons. The molecule has 1 aromatic carbocycles. The van der Waals surface area contributed by atoms with Crippen molar-refractivity contribution in [2.24, 2.45) is 0 Å². The average Bonchev–Trinajstić information content (AvgIpc) is 2.78. The minimum absolute atomic E-state index is 0.0882. The second kappa shape index (κ2) is 4.72. The van der Waals surface area contributed by atoms with Crippen molar-refractivity contribution in [2.75, 3.05) is 19.6 Å². The van der Waals surface area contributed by atoms with Crippen LogP contribution >= 0.6 is 0 Å². The molecule has 0 spiro atoms. The Bertz CT molecular complexity index is 792. The number of nitrogens with zero attached hydrogens (tertiary/aromatic N) is 1. The first-order chi connectivity index (χ1) is 9.48. The largest absolute Gasteiger partial charge is 0.323 e. The molecule has 7 nitrogen and oxygen atoms in total. The maximum absolute atomic E-state index is 12.6. The molecule has 0 bridgehead atoms. The van der Waals surface area contributed by atoms with Gasteiger partial charge in [0.1, 0.15) is 0 Å². The summed E-state index contributed by atoms with van der Waals surface area (Å²) in [6, 6.07) is 4.54. The SMILES string of the molecule is CC1CNCCN1S(=O)(=O)c1ccc2[nH]c(=O)[nH]c2c1. The Balaban J connectivity index is 2.05. The average molecular weight is 296 g/mol. The van der Waals surface area contributed by atoms with E-state index in [9.17, 15) is 13.2 Å². The zero-order valence-electron chi connectivity index (χ0n) is 11.0. The van der Waals surface area contributed by atoms with Gasteiger partial charge in [-0.3, -0.25) is 0 Å². The van der Waals surface area contributed by atoms with Gasteiger partial charge in [-0.15, -0.1) is 0 Å². The highest BCUT2D eigenvalue weighted by molar-refractivity contribution is 7.89. The molecule has 8 heteroatoms. The van der Waals surface area contributed by atoms with Crippen LogP contribution in [0.3, 0.4) is 0 Å². The summed E-state index contributed by atoms with van der Waals surface area (Å²) in [5.74, 6) is 0. The smallest absolute Gasteiger partial charge is 0.314 e. The number of aromatic nitrogens is 2. The highest BCUT2D eigenvalue weighted by Gasteiger charge is 2.31. The van der Waals surface area contributed by atoms with Gasteiger partial charge in [-0.25, -0.2) is 13.2 Å². The number of hydrogen-bond donors (Lipinski definition) is 3. The fourth-order valence-electron chi connectivity index (χ4n) is 2.49. The maximum Gasteiger partial charge on any atom is 0.323 e. The molecular weight excluding hydrogens is 280 g/mol. The lowest BCUT2D eigenvalue weighted by atomic mass is 10.3. The van der Waals surface area contributed by atoms with Crippen LogP contribution in [0.4, 0.5) is 0 Å². The summed E-state index contributed by atoms with van der Waals surface area (Å²) in [5.41, 5.74) is 0.756. The third-order valence-electron chi connectivity index (χ3n) is 3.53. The number of sulfonamides is 1. The Morgan fingerprint density at radius 2 is 2.00 bits per heavy atom. The molecular formula is C12H16N4O3S. The number of piperazine rings is 1. The summed E-state index contributed by atoms with van der Waals surface area (Å²) >= 11 is 0. The number of hydrogen-bond acceptors (Lipinski definition) is 4. The van der Waals surface area contributed by atoms with Crippen LogP contribution in [0, 0.1) is 0 Å². The zero-order valence-corrected chi connectivity index (χ0v) is 11.8. The monoisotopic (exact) mass is 296 g/mol. The molecule has 1 aromatic heterocycles. The van der Waals surface area contributed by atoms with Crippen molar-refractivity contribution in [1.82, 2.24) is 19.6 Å². The van der Waals surface area contributed by atoms with Gasteiger partial charge in [0.2, 0.25) is 10.0 Å². The van der Waals surface area contributed by atoms with Gasteiger partial charge in [0.25, 0.3) is 0 Å². The number of benzene rings is 1. The van der Waals surface area contributed by atoms with Crippen molar-refractivity contribution in [1.29, 1.82) is 0 Å². The van der Waals surface area contributed by atoms with Crippen LogP contribution in [0.5, 0.6) is 0 Å². The Morgan fingerprint density at radius 3 is 2.75 bits per heavy atom. The van der Waals surface area contributed by atoms with Crippen LogP contribution in [-0.4, -0.2) is 48.4 Å². The van der Waals surface area contributed by atoms with Crippen molar-refractivity contribution in [2.45, 2.75) is 17.9 Å². The van der Waals surface area contributed by atoms with Gasteiger partial charge in [0, 0.05) is 25.7 Å². The molecule has 0 aliphatic carbocycles. The summed E-state index contributed by atoms with van der Waals surface area (Å²) < 4.78 is 26.8. The quantitative estimate of drug-likeness (QED) is 0.717. The van der Waals surface area contributed by atoms with Crippen LogP contribution < -0.4 is 11.0 Å². The Morgan fingerprint density at radius 1 is 1.25 bits per heavy atom. The van der Waals surface area contributed by atoms with Crippen molar-refractivity contribution >= 4 is 21.1 Å². The van der Waals surface area contributed by atoms with Gasteiger partial charge in [0.05, 0.1) is 15.9 Å². The molecule has 1 aliphatic heterocycles. The first kappa shape index (κ1) is 13.3. The van der Waals surface area contributed by atoms with E-state index in [2.05, 4.69) is 15.3 Å². The maximum atomic E-state index is 12.6. The van der Waals surface area contributed by atoms with E-state index in [1.807, 2.05) is 6.92 Å². The van der Waals surface area contributed by atoms with Crippen LogP contribution in [0.15, 0.2) is 27.9 Å². The lowest BCUT2D eigenvalue weighted by Crippen LogP contribution is -2.52. The number of aromatic amines is 2. The second-order valence-electron chi connectivity index (χ2n) is 4.96. The van der Waals surface area contributed by atoms with E-state index in [0.29, 0.717) is 30.7 Å². The van der Waals surface area contributed by atoms with Crippen molar-refractivity contribution < 1.29 is 8.42 Å². The number of rotatable bonds is 2.